The van der Waals surface area contributed by atoms with Crippen LogP contribution in [0.4, 0.5) is 14.5 Å². The second-order valence-corrected chi connectivity index (χ2v) is 2.61. The zero-order valence-electron chi connectivity index (χ0n) is 6.30. The zero-order valence-corrected chi connectivity index (χ0v) is 7.05. The predicted molar refractivity (Wildman–Crippen MR) is 44.0 cm³/mol. The van der Waals surface area contributed by atoms with Crippen molar-refractivity contribution < 1.29 is 13.6 Å². The SMILES string of the molecule is Nc1c(Cl)ncc(C(F)F)c1C=O. The van der Waals surface area contributed by atoms with Crippen molar-refractivity contribution in [2.45, 2.75) is 6.43 Å². The van der Waals surface area contributed by atoms with Crippen molar-refractivity contribution >= 4 is 23.6 Å². The quantitative estimate of drug-likeness (QED) is 0.595. The smallest absolute Gasteiger partial charge is 0.266 e. The van der Waals surface area contributed by atoms with Crippen LogP contribution in [0, 0.1) is 0 Å². The number of hydrogen-bond acceptors (Lipinski definition) is 3. The van der Waals surface area contributed by atoms with E-state index in [9.17, 15) is 13.6 Å². The first-order valence-electron chi connectivity index (χ1n) is 3.25. The number of anilines is 1. The molecular weight excluding hydrogens is 202 g/mol. The van der Waals surface area contributed by atoms with Crippen LogP contribution >= 0.6 is 11.6 Å². The van der Waals surface area contributed by atoms with Crippen LogP contribution in [0.15, 0.2) is 6.20 Å². The Balaban J connectivity index is 3.38. The summed E-state index contributed by atoms with van der Waals surface area (Å²) in [5.41, 5.74) is 4.26. The lowest BCUT2D eigenvalue weighted by Crippen LogP contribution is -2.02. The maximum Gasteiger partial charge on any atom is 0.266 e. The molecule has 2 N–H and O–H groups in total. The first-order valence-corrected chi connectivity index (χ1v) is 3.63. The molecule has 1 aromatic heterocycles. The summed E-state index contributed by atoms with van der Waals surface area (Å²) in [6.45, 7) is 0. The third-order valence-corrected chi connectivity index (χ3v) is 1.79. The average molecular weight is 207 g/mol. The number of nitrogens with two attached hydrogens (primary N) is 1. The molecule has 0 amide bonds. The molecule has 0 radical (unpaired) electrons. The number of carbonyl (C=O) groups excluding carboxylic acids is 1. The first kappa shape index (κ1) is 9.85. The topological polar surface area (TPSA) is 56.0 Å². The summed E-state index contributed by atoms with van der Waals surface area (Å²) in [6, 6.07) is 0. The number of nitrogen functional groups attached to an aromatic ring is 1. The van der Waals surface area contributed by atoms with E-state index < -0.39 is 12.0 Å². The molecule has 1 rings (SSSR count). The van der Waals surface area contributed by atoms with Crippen LogP contribution in [0.3, 0.4) is 0 Å². The molecule has 0 saturated carbocycles. The van der Waals surface area contributed by atoms with Crippen LogP contribution < -0.4 is 5.73 Å². The Morgan fingerprint density at radius 1 is 1.62 bits per heavy atom. The summed E-state index contributed by atoms with van der Waals surface area (Å²) >= 11 is 5.43. The van der Waals surface area contributed by atoms with E-state index in [-0.39, 0.29) is 22.7 Å². The number of rotatable bonds is 2. The predicted octanol–water partition coefficient (Wildman–Crippen LogP) is 2.07. The molecule has 3 nitrogen and oxygen atoms in total. The van der Waals surface area contributed by atoms with E-state index >= 15 is 0 Å². The van der Waals surface area contributed by atoms with Gasteiger partial charge in [0.1, 0.15) is 0 Å². The molecule has 0 aromatic carbocycles. The van der Waals surface area contributed by atoms with Gasteiger partial charge in [-0.05, 0) is 0 Å². The fourth-order valence-corrected chi connectivity index (χ4v) is 0.988. The lowest BCUT2D eigenvalue weighted by atomic mass is 10.1. The van der Waals surface area contributed by atoms with Crippen molar-refractivity contribution in [3.8, 4) is 0 Å². The molecule has 0 fully saturated rings. The van der Waals surface area contributed by atoms with Crippen molar-refractivity contribution in [3.63, 3.8) is 0 Å². The van der Waals surface area contributed by atoms with Gasteiger partial charge in [0.15, 0.2) is 11.4 Å². The minimum Gasteiger partial charge on any atom is -0.396 e. The molecule has 13 heavy (non-hydrogen) atoms. The minimum absolute atomic E-state index is 0.147. The molecule has 0 aliphatic carbocycles. The minimum atomic E-state index is -2.78. The monoisotopic (exact) mass is 206 g/mol. The largest absolute Gasteiger partial charge is 0.396 e. The summed E-state index contributed by atoms with van der Waals surface area (Å²) in [6.07, 6.45) is -1.70. The van der Waals surface area contributed by atoms with Gasteiger partial charge in [0.25, 0.3) is 6.43 Å². The normalized spacial score (nSPS) is 10.5. The Morgan fingerprint density at radius 2 is 2.23 bits per heavy atom. The van der Waals surface area contributed by atoms with Crippen molar-refractivity contribution in [2.24, 2.45) is 0 Å². The number of hydrogen-bond donors (Lipinski definition) is 1. The van der Waals surface area contributed by atoms with Gasteiger partial charge >= 0.3 is 0 Å². The molecule has 0 aliphatic heterocycles. The van der Waals surface area contributed by atoms with Gasteiger partial charge in [-0.2, -0.15) is 0 Å². The molecule has 0 bridgehead atoms. The van der Waals surface area contributed by atoms with E-state index in [1.54, 1.807) is 0 Å². The Kier molecular flexibility index (Phi) is 2.77. The molecule has 1 aromatic rings. The summed E-state index contributed by atoms with van der Waals surface area (Å²) in [4.78, 5) is 13.8. The Morgan fingerprint density at radius 3 is 2.69 bits per heavy atom. The maximum absolute atomic E-state index is 12.2. The number of nitrogens with zero attached hydrogens (tertiary/aromatic N) is 1. The van der Waals surface area contributed by atoms with Crippen LogP contribution in [-0.4, -0.2) is 11.3 Å². The van der Waals surface area contributed by atoms with Crippen molar-refractivity contribution in [2.75, 3.05) is 5.73 Å². The van der Waals surface area contributed by atoms with Gasteiger partial charge in [-0.1, -0.05) is 11.6 Å². The van der Waals surface area contributed by atoms with Gasteiger partial charge < -0.3 is 5.73 Å². The maximum atomic E-state index is 12.2. The number of halogens is 3. The average Bonchev–Trinajstić information content (AvgIpc) is 2.09. The standard InChI is InChI=1S/C7H5ClF2N2O/c8-6-5(11)4(2-13)3(1-12-6)7(9)10/h1-2,7H,11H2. The molecular formula is C7H5ClF2N2O. The van der Waals surface area contributed by atoms with Gasteiger partial charge in [0, 0.05) is 11.8 Å². The van der Waals surface area contributed by atoms with Gasteiger partial charge in [0.2, 0.25) is 0 Å². The molecule has 6 heteroatoms. The van der Waals surface area contributed by atoms with E-state index in [0.29, 0.717) is 0 Å². The van der Waals surface area contributed by atoms with Crippen LogP contribution in [0.25, 0.3) is 0 Å². The van der Waals surface area contributed by atoms with Crippen LogP contribution in [0.2, 0.25) is 5.15 Å². The Labute approximate surface area is 77.5 Å². The molecule has 70 valence electrons. The number of aldehydes is 1. The van der Waals surface area contributed by atoms with Gasteiger partial charge in [0.05, 0.1) is 11.3 Å². The molecule has 0 spiro atoms. The highest BCUT2D eigenvalue weighted by Gasteiger charge is 2.17. The third-order valence-electron chi connectivity index (χ3n) is 1.49. The lowest BCUT2D eigenvalue weighted by molar-refractivity contribution is 0.110. The number of pyridine rings is 1. The highest BCUT2D eigenvalue weighted by molar-refractivity contribution is 6.32. The van der Waals surface area contributed by atoms with E-state index in [0.717, 1.165) is 6.20 Å². The summed E-state index contributed by atoms with van der Waals surface area (Å²) < 4.78 is 24.5. The summed E-state index contributed by atoms with van der Waals surface area (Å²) in [5.74, 6) is 0. The number of carbonyl (C=O) groups is 1. The van der Waals surface area contributed by atoms with Crippen LogP contribution in [-0.2, 0) is 0 Å². The van der Waals surface area contributed by atoms with Crippen LogP contribution in [0.5, 0.6) is 0 Å². The highest BCUT2D eigenvalue weighted by Crippen LogP contribution is 2.28. The second-order valence-electron chi connectivity index (χ2n) is 2.25. The summed E-state index contributed by atoms with van der Waals surface area (Å²) in [7, 11) is 0. The Bertz CT molecular complexity index is 344. The highest BCUT2D eigenvalue weighted by atomic mass is 35.5. The van der Waals surface area contributed by atoms with Gasteiger partial charge in [-0.15, -0.1) is 0 Å². The summed E-state index contributed by atoms with van der Waals surface area (Å²) in [5, 5.41) is -0.147. The molecule has 0 unspecified atom stereocenters. The van der Waals surface area contributed by atoms with Crippen LogP contribution in [0.1, 0.15) is 22.3 Å². The number of aromatic nitrogens is 1. The van der Waals surface area contributed by atoms with E-state index in [2.05, 4.69) is 4.98 Å². The molecule has 1 heterocycles. The Hall–Kier alpha value is -1.23. The molecule has 0 aliphatic rings. The van der Waals surface area contributed by atoms with E-state index in [1.165, 1.54) is 0 Å². The van der Waals surface area contributed by atoms with E-state index in [4.69, 9.17) is 17.3 Å². The van der Waals surface area contributed by atoms with Gasteiger partial charge in [-0.25, -0.2) is 13.8 Å². The molecule has 0 atom stereocenters. The fraction of sp³-hybridized carbons (Fsp3) is 0.143. The zero-order chi connectivity index (χ0) is 10.0. The number of alkyl halides is 2. The van der Waals surface area contributed by atoms with Crippen molar-refractivity contribution in [1.29, 1.82) is 0 Å². The fourth-order valence-electron chi connectivity index (χ4n) is 0.837. The van der Waals surface area contributed by atoms with Crippen molar-refractivity contribution in [3.05, 3.63) is 22.5 Å². The third kappa shape index (κ3) is 1.75. The van der Waals surface area contributed by atoms with E-state index in [1.807, 2.05) is 0 Å². The first-order chi connectivity index (χ1) is 6.07. The second kappa shape index (κ2) is 3.66. The molecule has 0 saturated heterocycles. The van der Waals surface area contributed by atoms with Gasteiger partial charge in [-0.3, -0.25) is 4.79 Å². The van der Waals surface area contributed by atoms with Crippen molar-refractivity contribution in [1.82, 2.24) is 4.98 Å². The lowest BCUT2D eigenvalue weighted by Gasteiger charge is -2.06.